The zero-order valence-electron chi connectivity index (χ0n) is 14.6. The minimum absolute atomic E-state index is 0.0681. The van der Waals surface area contributed by atoms with Crippen LogP contribution in [-0.4, -0.2) is 11.9 Å². The lowest BCUT2D eigenvalue weighted by Crippen LogP contribution is -2.49. The van der Waals surface area contributed by atoms with Gasteiger partial charge in [-0.25, -0.2) is 0 Å². The van der Waals surface area contributed by atoms with Crippen molar-refractivity contribution in [1.82, 2.24) is 5.32 Å². The van der Waals surface area contributed by atoms with Gasteiger partial charge in [-0.15, -0.1) is 0 Å². The van der Waals surface area contributed by atoms with Gasteiger partial charge < -0.3 is 11.1 Å². The summed E-state index contributed by atoms with van der Waals surface area (Å²) in [7, 11) is 0. The highest BCUT2D eigenvalue weighted by molar-refractivity contribution is 5.79. The maximum absolute atomic E-state index is 12.7. The zero-order valence-corrected chi connectivity index (χ0v) is 14.6. The highest BCUT2D eigenvalue weighted by Gasteiger charge is 2.40. The molecule has 1 aromatic carbocycles. The van der Waals surface area contributed by atoms with Gasteiger partial charge >= 0.3 is 0 Å². The van der Waals surface area contributed by atoms with Crippen LogP contribution in [0.4, 0.5) is 0 Å². The first kappa shape index (κ1) is 16.5. The normalized spacial score (nSPS) is 31.5. The molecule has 2 fully saturated rings. The molecule has 2 saturated carbocycles. The molecule has 2 aliphatic rings. The Morgan fingerprint density at radius 2 is 1.87 bits per heavy atom. The van der Waals surface area contributed by atoms with E-state index in [2.05, 4.69) is 44.3 Å². The third-order valence-corrected chi connectivity index (χ3v) is 6.03. The largest absolute Gasteiger partial charge is 0.349 e. The highest BCUT2D eigenvalue weighted by Crippen LogP contribution is 2.42. The SMILES string of the molecule is Cc1ccc(C(C)NC(=O)C2CC3CCCC(C2)C3N)c(C)c1. The van der Waals surface area contributed by atoms with E-state index in [9.17, 15) is 4.79 Å². The summed E-state index contributed by atoms with van der Waals surface area (Å²) in [4.78, 5) is 12.7. The van der Waals surface area contributed by atoms with Crippen LogP contribution in [0.25, 0.3) is 0 Å². The monoisotopic (exact) mass is 314 g/mol. The molecule has 2 bridgehead atoms. The number of fused-ring (bicyclic) bond motifs is 2. The second-order valence-corrected chi connectivity index (χ2v) is 7.79. The fourth-order valence-corrected chi connectivity index (χ4v) is 4.72. The van der Waals surface area contributed by atoms with Crippen molar-refractivity contribution in [2.24, 2.45) is 23.5 Å². The summed E-state index contributed by atoms with van der Waals surface area (Å²) in [5.74, 6) is 1.48. The van der Waals surface area contributed by atoms with Crippen LogP contribution in [0.5, 0.6) is 0 Å². The van der Waals surface area contributed by atoms with Gasteiger partial charge in [-0.05, 0) is 69.4 Å². The summed E-state index contributed by atoms with van der Waals surface area (Å²) in [6, 6.07) is 6.83. The van der Waals surface area contributed by atoms with Gasteiger partial charge in [0.2, 0.25) is 5.91 Å². The van der Waals surface area contributed by atoms with Gasteiger partial charge in [-0.3, -0.25) is 4.79 Å². The maximum Gasteiger partial charge on any atom is 0.223 e. The van der Waals surface area contributed by atoms with E-state index in [0.29, 0.717) is 17.9 Å². The van der Waals surface area contributed by atoms with Gasteiger partial charge in [-0.2, -0.15) is 0 Å². The summed E-state index contributed by atoms with van der Waals surface area (Å²) in [6.07, 6.45) is 5.64. The quantitative estimate of drug-likeness (QED) is 0.895. The third-order valence-electron chi connectivity index (χ3n) is 6.03. The summed E-state index contributed by atoms with van der Waals surface area (Å²) >= 11 is 0. The van der Waals surface area contributed by atoms with Crippen molar-refractivity contribution in [3.05, 3.63) is 34.9 Å². The molecule has 3 rings (SSSR count). The van der Waals surface area contributed by atoms with E-state index in [1.165, 1.54) is 36.0 Å². The minimum atomic E-state index is 0.0681. The van der Waals surface area contributed by atoms with E-state index >= 15 is 0 Å². The lowest BCUT2D eigenvalue weighted by atomic mass is 9.65. The Hall–Kier alpha value is -1.35. The van der Waals surface area contributed by atoms with Crippen LogP contribution >= 0.6 is 0 Å². The van der Waals surface area contributed by atoms with E-state index in [1.807, 2.05) is 0 Å². The number of carbonyl (C=O) groups excluding carboxylic acids is 1. The molecule has 0 heterocycles. The Labute approximate surface area is 140 Å². The molecule has 0 saturated heterocycles. The molecule has 0 aliphatic heterocycles. The van der Waals surface area contributed by atoms with Gasteiger partial charge in [0.05, 0.1) is 6.04 Å². The molecule has 0 spiro atoms. The van der Waals surface area contributed by atoms with Crippen molar-refractivity contribution in [3.63, 3.8) is 0 Å². The van der Waals surface area contributed by atoms with E-state index in [-0.39, 0.29) is 17.9 Å². The third kappa shape index (κ3) is 3.45. The number of nitrogens with two attached hydrogens (primary N) is 1. The number of benzene rings is 1. The maximum atomic E-state index is 12.7. The van der Waals surface area contributed by atoms with Crippen LogP contribution in [0.3, 0.4) is 0 Å². The number of nitrogens with one attached hydrogen (secondary N) is 1. The van der Waals surface area contributed by atoms with E-state index < -0.39 is 0 Å². The summed E-state index contributed by atoms with van der Waals surface area (Å²) in [5, 5.41) is 3.25. The molecule has 0 radical (unpaired) electrons. The molecule has 23 heavy (non-hydrogen) atoms. The van der Waals surface area contributed by atoms with Crippen molar-refractivity contribution >= 4 is 5.91 Å². The molecule has 3 N–H and O–H groups in total. The fraction of sp³-hybridized carbons (Fsp3) is 0.650. The van der Waals surface area contributed by atoms with Crippen molar-refractivity contribution in [3.8, 4) is 0 Å². The van der Waals surface area contributed by atoms with Crippen LogP contribution in [-0.2, 0) is 4.79 Å². The van der Waals surface area contributed by atoms with Crippen LogP contribution in [0.2, 0.25) is 0 Å². The molecule has 3 unspecified atom stereocenters. The Morgan fingerprint density at radius 3 is 2.48 bits per heavy atom. The average Bonchev–Trinajstić information content (AvgIpc) is 2.46. The molecule has 1 amide bonds. The van der Waals surface area contributed by atoms with Crippen LogP contribution < -0.4 is 11.1 Å². The molecule has 126 valence electrons. The summed E-state index contributed by atoms with van der Waals surface area (Å²) in [6.45, 7) is 6.31. The van der Waals surface area contributed by atoms with Gasteiger partial charge in [-0.1, -0.05) is 30.2 Å². The Balaban J connectivity index is 1.65. The molecule has 3 nitrogen and oxygen atoms in total. The van der Waals surface area contributed by atoms with Gasteiger partial charge in [0.25, 0.3) is 0 Å². The smallest absolute Gasteiger partial charge is 0.223 e. The molecule has 3 atom stereocenters. The second-order valence-electron chi connectivity index (χ2n) is 7.79. The van der Waals surface area contributed by atoms with Gasteiger partial charge in [0.1, 0.15) is 0 Å². The van der Waals surface area contributed by atoms with E-state index in [4.69, 9.17) is 5.73 Å². The fourth-order valence-electron chi connectivity index (χ4n) is 4.72. The number of aryl methyl sites for hydroxylation is 2. The van der Waals surface area contributed by atoms with Crippen LogP contribution in [0, 0.1) is 31.6 Å². The van der Waals surface area contributed by atoms with E-state index in [0.717, 1.165) is 12.8 Å². The average molecular weight is 314 g/mol. The lowest BCUT2D eigenvalue weighted by molar-refractivity contribution is -0.128. The molecule has 1 aromatic rings. The molecule has 3 heteroatoms. The number of carbonyl (C=O) groups is 1. The standard InChI is InChI=1S/C20H30N2O/c1-12-7-8-18(13(2)9-12)14(3)22-20(23)17-10-15-5-4-6-16(11-17)19(15)21/h7-9,14-17,19H,4-6,10-11,21H2,1-3H3,(H,22,23). The van der Waals surface area contributed by atoms with Crippen molar-refractivity contribution in [1.29, 1.82) is 0 Å². The number of rotatable bonds is 3. The van der Waals surface area contributed by atoms with Crippen molar-refractivity contribution < 1.29 is 4.79 Å². The molecule has 2 aliphatic carbocycles. The van der Waals surface area contributed by atoms with Crippen LogP contribution in [0.15, 0.2) is 18.2 Å². The topological polar surface area (TPSA) is 55.1 Å². The molecular formula is C20H30N2O. The summed E-state index contributed by atoms with van der Waals surface area (Å²) < 4.78 is 0. The highest BCUT2D eigenvalue weighted by atomic mass is 16.1. The second kappa shape index (κ2) is 6.64. The first-order chi connectivity index (χ1) is 11.0. The summed E-state index contributed by atoms with van der Waals surface area (Å²) in [5.41, 5.74) is 10.1. The van der Waals surface area contributed by atoms with Crippen molar-refractivity contribution in [2.45, 2.75) is 65.0 Å². The van der Waals surface area contributed by atoms with Crippen molar-refractivity contribution in [2.75, 3.05) is 0 Å². The van der Waals surface area contributed by atoms with Crippen LogP contribution in [0.1, 0.15) is 61.8 Å². The van der Waals surface area contributed by atoms with Gasteiger partial charge in [0, 0.05) is 12.0 Å². The Morgan fingerprint density at radius 1 is 1.22 bits per heavy atom. The predicted octanol–water partition coefficient (Wildman–Crippen LogP) is 3.63. The number of hydrogen-bond donors (Lipinski definition) is 2. The Kier molecular flexibility index (Phi) is 4.77. The molecule has 0 aromatic heterocycles. The number of hydrogen-bond acceptors (Lipinski definition) is 2. The predicted molar refractivity (Wildman–Crippen MR) is 94.0 cm³/mol. The lowest BCUT2D eigenvalue weighted by Gasteiger charge is -2.43. The van der Waals surface area contributed by atoms with Gasteiger partial charge in [0.15, 0.2) is 0 Å². The minimum Gasteiger partial charge on any atom is -0.349 e. The number of amides is 1. The zero-order chi connectivity index (χ0) is 16.6. The first-order valence-electron chi connectivity index (χ1n) is 9.09. The Bertz CT molecular complexity index is 569. The first-order valence-corrected chi connectivity index (χ1v) is 9.09. The van der Waals surface area contributed by atoms with E-state index in [1.54, 1.807) is 0 Å². The molecular weight excluding hydrogens is 284 g/mol.